The summed E-state index contributed by atoms with van der Waals surface area (Å²) in [5.41, 5.74) is 1.59. The first-order chi connectivity index (χ1) is 8.00. The predicted octanol–water partition coefficient (Wildman–Crippen LogP) is 0.323. The molecule has 3 atom stereocenters. The molecule has 0 aromatic carbocycles. The van der Waals surface area contributed by atoms with Crippen molar-refractivity contribution < 1.29 is 10.2 Å². The number of nitrogens with two attached hydrogens (primary N) is 1. The third kappa shape index (κ3) is 5.22. The van der Waals surface area contributed by atoms with Gasteiger partial charge >= 0.3 is 0 Å². The van der Waals surface area contributed by atoms with Gasteiger partial charge in [-0.15, -0.1) is 0 Å². The van der Waals surface area contributed by atoms with E-state index < -0.39 is 0 Å². The van der Waals surface area contributed by atoms with Gasteiger partial charge in [-0.1, -0.05) is 25.5 Å². The minimum atomic E-state index is 0.773. The lowest BCUT2D eigenvalue weighted by molar-refractivity contribution is -0.860. The molecule has 0 aromatic heterocycles. The van der Waals surface area contributed by atoms with Crippen molar-refractivity contribution in [3.8, 4) is 0 Å². The summed E-state index contributed by atoms with van der Waals surface area (Å²) < 4.78 is 0. The zero-order valence-electron chi connectivity index (χ0n) is 12.4. The highest BCUT2D eigenvalue weighted by molar-refractivity contribution is 5.07. The van der Waals surface area contributed by atoms with Crippen molar-refractivity contribution in [3.63, 3.8) is 0 Å². The molecule has 17 heavy (non-hydrogen) atoms. The molecule has 2 heteroatoms. The summed E-state index contributed by atoms with van der Waals surface area (Å²) in [5.74, 6) is 2.52. The van der Waals surface area contributed by atoms with Gasteiger partial charge in [0.25, 0.3) is 0 Å². The van der Waals surface area contributed by atoms with E-state index in [0.717, 1.165) is 17.8 Å². The van der Waals surface area contributed by atoms with Gasteiger partial charge in [-0.25, -0.2) is 0 Å². The molecule has 1 aliphatic carbocycles. The second-order valence-electron chi connectivity index (χ2n) is 6.34. The van der Waals surface area contributed by atoms with Crippen LogP contribution in [0.15, 0.2) is 11.6 Å². The van der Waals surface area contributed by atoms with Gasteiger partial charge in [0.1, 0.15) is 0 Å². The van der Waals surface area contributed by atoms with Crippen molar-refractivity contribution in [2.75, 3.05) is 33.7 Å². The third-order valence-corrected chi connectivity index (χ3v) is 4.12. The monoisotopic (exact) mass is 240 g/mol. The Morgan fingerprint density at radius 2 is 2.06 bits per heavy atom. The van der Waals surface area contributed by atoms with E-state index in [2.05, 4.69) is 46.3 Å². The average molecular weight is 240 g/mol. The zero-order valence-corrected chi connectivity index (χ0v) is 12.4. The maximum absolute atomic E-state index is 2.54. The molecule has 0 saturated carbocycles. The summed E-state index contributed by atoms with van der Waals surface area (Å²) in [4.78, 5) is 1.57. The van der Waals surface area contributed by atoms with Gasteiger partial charge < -0.3 is 10.2 Å². The first kappa shape index (κ1) is 14.7. The van der Waals surface area contributed by atoms with Crippen LogP contribution < -0.4 is 10.2 Å². The fraction of sp³-hybridized carbons (Fsp3) is 0.867. The van der Waals surface area contributed by atoms with E-state index in [0.29, 0.717) is 0 Å². The quantitative estimate of drug-likeness (QED) is 0.493. The van der Waals surface area contributed by atoms with E-state index in [-0.39, 0.29) is 0 Å². The van der Waals surface area contributed by atoms with Crippen LogP contribution in [0.3, 0.4) is 0 Å². The van der Waals surface area contributed by atoms with Gasteiger partial charge in [-0.05, 0) is 25.2 Å². The van der Waals surface area contributed by atoms with Gasteiger partial charge in [-0.3, -0.25) is 0 Å². The molecule has 0 amide bonds. The number of hydrogen-bond acceptors (Lipinski definition) is 0. The Labute approximate surface area is 107 Å². The molecule has 0 bridgehead atoms. The van der Waals surface area contributed by atoms with Crippen molar-refractivity contribution in [3.05, 3.63) is 11.6 Å². The smallest absolute Gasteiger partial charge is 0.0821 e. The molecule has 0 saturated heterocycles. The van der Waals surface area contributed by atoms with Gasteiger partial charge in [0.05, 0.1) is 33.7 Å². The molecule has 1 rings (SSSR count). The number of quaternary nitrogens is 2. The molecule has 0 radical (unpaired) electrons. The predicted molar refractivity (Wildman–Crippen MR) is 74.1 cm³/mol. The highest BCUT2D eigenvalue weighted by atomic mass is 15.1. The molecule has 0 aromatic rings. The summed E-state index contributed by atoms with van der Waals surface area (Å²) >= 11 is 0. The summed E-state index contributed by atoms with van der Waals surface area (Å²) in [5, 5.41) is 2.54. The Kier molecular flexibility index (Phi) is 6.21. The molecule has 0 unspecified atom stereocenters. The molecule has 0 heterocycles. The van der Waals surface area contributed by atoms with Gasteiger partial charge in [-0.2, -0.15) is 0 Å². The van der Waals surface area contributed by atoms with Crippen LogP contribution in [0.5, 0.6) is 0 Å². The molecular formula is C15H32N2+2. The normalized spacial score (nSPS) is 29.5. The second-order valence-corrected chi connectivity index (χ2v) is 6.34. The van der Waals surface area contributed by atoms with Crippen LogP contribution in [0.2, 0.25) is 0 Å². The number of allylic oxidation sites excluding steroid dienone is 2. The molecule has 0 aliphatic heterocycles. The van der Waals surface area contributed by atoms with Crippen LogP contribution in [-0.2, 0) is 0 Å². The van der Waals surface area contributed by atoms with Crippen molar-refractivity contribution >= 4 is 0 Å². The maximum Gasteiger partial charge on any atom is 0.0821 e. The number of nitrogens with one attached hydrogen (secondary N) is 1. The Bertz CT molecular complexity index is 245. The van der Waals surface area contributed by atoms with Crippen LogP contribution in [0.25, 0.3) is 0 Å². The van der Waals surface area contributed by atoms with Gasteiger partial charge in [0, 0.05) is 12.3 Å². The Balaban J connectivity index is 2.22. The van der Waals surface area contributed by atoms with Gasteiger partial charge in [0.2, 0.25) is 0 Å². The van der Waals surface area contributed by atoms with Crippen molar-refractivity contribution in [1.82, 2.24) is 0 Å². The standard InChI is InChI=1S/C15H30N2/c1-12-9-13(2)15(14(3)10-12)11-16-7-6-8-17(4)5/h9,13-16H,6-8,10-11H2,1-5H3/p+2/t13-,14+,15-/m0/s1. The van der Waals surface area contributed by atoms with E-state index in [1.54, 1.807) is 10.5 Å². The van der Waals surface area contributed by atoms with Crippen molar-refractivity contribution in [2.24, 2.45) is 17.8 Å². The van der Waals surface area contributed by atoms with Crippen molar-refractivity contribution in [2.45, 2.75) is 33.6 Å². The highest BCUT2D eigenvalue weighted by Crippen LogP contribution is 2.32. The first-order valence-electron chi connectivity index (χ1n) is 7.28. The summed E-state index contributed by atoms with van der Waals surface area (Å²) in [6, 6.07) is 0. The summed E-state index contributed by atoms with van der Waals surface area (Å²) in [7, 11) is 4.47. The molecule has 2 nitrogen and oxygen atoms in total. The maximum atomic E-state index is 2.54. The Hall–Kier alpha value is -0.340. The average Bonchev–Trinajstić information content (AvgIpc) is 2.20. The van der Waals surface area contributed by atoms with Crippen LogP contribution in [0, 0.1) is 17.8 Å². The van der Waals surface area contributed by atoms with Crippen LogP contribution in [0.1, 0.15) is 33.6 Å². The molecular weight excluding hydrogens is 208 g/mol. The fourth-order valence-electron chi connectivity index (χ4n) is 3.18. The minimum absolute atomic E-state index is 0.773. The minimum Gasteiger partial charge on any atom is -0.346 e. The lowest BCUT2D eigenvalue weighted by Gasteiger charge is -2.31. The fourth-order valence-corrected chi connectivity index (χ4v) is 3.18. The van der Waals surface area contributed by atoms with Gasteiger partial charge in [0.15, 0.2) is 0 Å². The highest BCUT2D eigenvalue weighted by Gasteiger charge is 2.27. The lowest BCUT2D eigenvalue weighted by Crippen LogP contribution is -3.06. The lowest BCUT2D eigenvalue weighted by atomic mass is 9.75. The number of hydrogen-bond donors (Lipinski definition) is 2. The Morgan fingerprint density at radius 3 is 2.65 bits per heavy atom. The molecule has 0 fully saturated rings. The molecule has 0 spiro atoms. The van der Waals surface area contributed by atoms with Crippen molar-refractivity contribution in [1.29, 1.82) is 0 Å². The summed E-state index contributed by atoms with van der Waals surface area (Å²) in [6.45, 7) is 11.0. The van der Waals surface area contributed by atoms with E-state index in [1.165, 1.54) is 32.5 Å². The van der Waals surface area contributed by atoms with Crippen LogP contribution >= 0.6 is 0 Å². The number of rotatable bonds is 6. The third-order valence-electron chi connectivity index (χ3n) is 4.12. The Morgan fingerprint density at radius 1 is 1.35 bits per heavy atom. The van der Waals surface area contributed by atoms with E-state index in [9.17, 15) is 0 Å². The van der Waals surface area contributed by atoms with E-state index >= 15 is 0 Å². The van der Waals surface area contributed by atoms with E-state index in [4.69, 9.17) is 0 Å². The molecule has 100 valence electrons. The molecule has 3 N–H and O–H groups in total. The topological polar surface area (TPSA) is 21.1 Å². The SMILES string of the molecule is CC1=C[C@H](C)[C@H](C[NH2+]CCC[NH+](C)C)[C@H](C)C1. The second kappa shape index (κ2) is 7.17. The summed E-state index contributed by atoms with van der Waals surface area (Å²) in [6.07, 6.45) is 5.14. The molecule has 1 aliphatic rings. The van der Waals surface area contributed by atoms with E-state index in [1.807, 2.05) is 0 Å². The van der Waals surface area contributed by atoms with Crippen LogP contribution in [-0.4, -0.2) is 33.7 Å². The van der Waals surface area contributed by atoms with Crippen LogP contribution in [0.4, 0.5) is 0 Å². The zero-order chi connectivity index (χ0) is 12.8. The largest absolute Gasteiger partial charge is 0.346 e. The first-order valence-corrected chi connectivity index (χ1v) is 7.28.